The van der Waals surface area contributed by atoms with E-state index in [-0.39, 0.29) is 15.8 Å². The quantitative estimate of drug-likeness (QED) is 0.589. The van der Waals surface area contributed by atoms with E-state index in [1.165, 1.54) is 18.2 Å². The highest BCUT2D eigenvalue weighted by molar-refractivity contribution is 9.11. The lowest BCUT2D eigenvalue weighted by Crippen LogP contribution is -2.41. The second-order valence-electron chi connectivity index (χ2n) is 4.02. The summed E-state index contributed by atoms with van der Waals surface area (Å²) in [7, 11) is -4.09. The number of hydrogen-bond acceptors (Lipinski definition) is 4. The lowest BCUT2D eigenvalue weighted by molar-refractivity contribution is -0.140. The van der Waals surface area contributed by atoms with Crippen LogP contribution in [-0.2, 0) is 19.6 Å². The summed E-state index contributed by atoms with van der Waals surface area (Å²) in [5.41, 5.74) is 0. The van der Waals surface area contributed by atoms with E-state index in [1.807, 2.05) is 4.72 Å². The van der Waals surface area contributed by atoms with Crippen molar-refractivity contribution in [3.63, 3.8) is 0 Å². The van der Waals surface area contributed by atoms with Crippen LogP contribution in [0, 0.1) is 0 Å². The normalized spacial score (nSPS) is 12.9. The van der Waals surface area contributed by atoms with Gasteiger partial charge in [0.1, 0.15) is 6.04 Å². The number of aliphatic carboxylic acids is 2. The number of sulfonamides is 1. The fourth-order valence-electron chi connectivity index (χ4n) is 1.44. The number of hydrogen-bond donors (Lipinski definition) is 3. The van der Waals surface area contributed by atoms with E-state index in [1.54, 1.807) is 0 Å². The average Bonchev–Trinajstić information content (AvgIpc) is 2.33. The van der Waals surface area contributed by atoms with Crippen LogP contribution in [0.2, 0.25) is 0 Å². The van der Waals surface area contributed by atoms with E-state index < -0.39 is 34.4 Å². The van der Waals surface area contributed by atoms with Crippen molar-refractivity contribution in [3.05, 3.63) is 27.1 Å². The number of carboxylic acid groups (broad SMARTS) is 2. The summed E-state index contributed by atoms with van der Waals surface area (Å²) in [5.74, 6) is -2.64. The first-order valence-electron chi connectivity index (χ1n) is 5.55. The van der Waals surface area contributed by atoms with Crippen molar-refractivity contribution in [1.82, 2.24) is 4.72 Å². The molecule has 0 aliphatic heterocycles. The van der Waals surface area contributed by atoms with Gasteiger partial charge < -0.3 is 10.2 Å². The lowest BCUT2D eigenvalue weighted by Gasteiger charge is -2.14. The van der Waals surface area contributed by atoms with Crippen LogP contribution in [-0.4, -0.2) is 36.6 Å². The molecule has 10 heteroatoms. The zero-order valence-electron chi connectivity index (χ0n) is 10.4. The molecular weight excluding hydrogens is 434 g/mol. The van der Waals surface area contributed by atoms with Crippen molar-refractivity contribution in [3.8, 4) is 0 Å². The summed E-state index contributed by atoms with van der Waals surface area (Å²) < 4.78 is 27.2. The molecule has 1 aromatic rings. The summed E-state index contributed by atoms with van der Waals surface area (Å²) in [5, 5.41) is 17.5. The van der Waals surface area contributed by atoms with Crippen LogP contribution < -0.4 is 4.72 Å². The Labute approximate surface area is 137 Å². The van der Waals surface area contributed by atoms with Gasteiger partial charge in [-0.3, -0.25) is 9.59 Å². The van der Waals surface area contributed by atoms with Crippen LogP contribution in [0.4, 0.5) is 0 Å². The van der Waals surface area contributed by atoms with Gasteiger partial charge in [0, 0.05) is 15.4 Å². The molecule has 0 saturated heterocycles. The van der Waals surface area contributed by atoms with Crippen molar-refractivity contribution in [2.45, 2.75) is 23.8 Å². The minimum atomic E-state index is -4.09. The predicted octanol–water partition coefficient (Wildman–Crippen LogP) is 1.81. The smallest absolute Gasteiger partial charge is 0.321 e. The molecule has 3 N–H and O–H groups in total. The van der Waals surface area contributed by atoms with E-state index >= 15 is 0 Å². The molecule has 0 saturated carbocycles. The third kappa shape index (κ3) is 5.38. The van der Waals surface area contributed by atoms with Gasteiger partial charge in [0.25, 0.3) is 0 Å². The third-order valence-corrected chi connectivity index (χ3v) is 5.37. The van der Waals surface area contributed by atoms with Crippen LogP contribution in [0.3, 0.4) is 0 Å². The van der Waals surface area contributed by atoms with E-state index in [0.717, 1.165) is 0 Å². The van der Waals surface area contributed by atoms with E-state index in [9.17, 15) is 18.0 Å². The van der Waals surface area contributed by atoms with Gasteiger partial charge >= 0.3 is 11.9 Å². The van der Waals surface area contributed by atoms with Gasteiger partial charge in [-0.25, -0.2) is 8.42 Å². The first kappa shape index (κ1) is 18.1. The van der Waals surface area contributed by atoms with Crippen LogP contribution in [0.25, 0.3) is 0 Å². The van der Waals surface area contributed by atoms with Gasteiger partial charge in [0.05, 0.1) is 4.90 Å². The average molecular weight is 445 g/mol. The van der Waals surface area contributed by atoms with Crippen molar-refractivity contribution in [2.75, 3.05) is 0 Å². The first-order valence-corrected chi connectivity index (χ1v) is 8.62. The van der Waals surface area contributed by atoms with Gasteiger partial charge in [-0.05, 0) is 40.5 Å². The number of carbonyl (C=O) groups is 2. The highest BCUT2D eigenvalue weighted by atomic mass is 79.9. The fraction of sp³-hybridized carbons (Fsp3) is 0.273. The van der Waals surface area contributed by atoms with Crippen LogP contribution in [0.15, 0.2) is 32.0 Å². The zero-order chi connectivity index (χ0) is 16.2. The zero-order valence-corrected chi connectivity index (χ0v) is 14.4. The molecule has 0 fully saturated rings. The highest BCUT2D eigenvalue weighted by Crippen LogP contribution is 2.25. The fourth-order valence-corrected chi connectivity index (χ4v) is 4.41. The van der Waals surface area contributed by atoms with E-state index in [4.69, 9.17) is 10.2 Å². The van der Waals surface area contributed by atoms with Crippen molar-refractivity contribution < 1.29 is 28.2 Å². The van der Waals surface area contributed by atoms with Crippen LogP contribution in [0.5, 0.6) is 0 Å². The molecule has 116 valence electrons. The van der Waals surface area contributed by atoms with Crippen LogP contribution in [0.1, 0.15) is 12.8 Å². The van der Waals surface area contributed by atoms with Gasteiger partial charge in [0.2, 0.25) is 10.0 Å². The molecule has 1 rings (SSSR count). The molecule has 0 aliphatic carbocycles. The van der Waals surface area contributed by atoms with Gasteiger partial charge in [0.15, 0.2) is 0 Å². The Morgan fingerprint density at radius 2 is 1.86 bits per heavy atom. The molecular formula is C11H11Br2NO6S. The SMILES string of the molecule is O=C(O)CCC(NS(=O)(=O)c1ccc(Br)cc1Br)C(=O)O. The number of halogens is 2. The third-order valence-electron chi connectivity index (χ3n) is 2.43. The van der Waals surface area contributed by atoms with Crippen molar-refractivity contribution >= 4 is 53.8 Å². The molecule has 1 unspecified atom stereocenters. The topological polar surface area (TPSA) is 121 Å². The molecule has 21 heavy (non-hydrogen) atoms. The summed E-state index contributed by atoms with van der Waals surface area (Å²) in [6.07, 6.45) is -0.807. The monoisotopic (exact) mass is 443 g/mol. The molecule has 0 radical (unpaired) electrons. The second-order valence-corrected chi connectivity index (χ2v) is 7.47. The minimum absolute atomic E-state index is 0.132. The molecule has 1 atom stereocenters. The first-order chi connectivity index (χ1) is 9.63. The number of nitrogens with one attached hydrogen (secondary N) is 1. The summed E-state index contributed by atoms with van der Waals surface area (Å²) in [6, 6.07) is 2.78. The maximum atomic E-state index is 12.2. The molecule has 0 bridgehead atoms. The molecule has 0 aliphatic rings. The minimum Gasteiger partial charge on any atom is -0.481 e. The molecule has 7 nitrogen and oxygen atoms in total. The van der Waals surface area contributed by atoms with Crippen molar-refractivity contribution in [2.24, 2.45) is 0 Å². The Kier molecular flexibility index (Phi) is 6.32. The number of rotatable bonds is 7. The van der Waals surface area contributed by atoms with E-state index in [2.05, 4.69) is 31.9 Å². The molecule has 0 aromatic heterocycles. The Bertz CT molecular complexity index is 661. The molecule has 1 aromatic carbocycles. The maximum absolute atomic E-state index is 12.2. The van der Waals surface area contributed by atoms with Gasteiger partial charge in [-0.1, -0.05) is 15.9 Å². The molecule has 0 amide bonds. The molecule has 0 heterocycles. The number of carboxylic acids is 2. The molecule has 0 spiro atoms. The predicted molar refractivity (Wildman–Crippen MR) is 80.5 cm³/mol. The summed E-state index contributed by atoms with van der Waals surface area (Å²) in [4.78, 5) is 21.4. The number of benzene rings is 1. The van der Waals surface area contributed by atoms with Crippen molar-refractivity contribution in [1.29, 1.82) is 0 Å². The van der Waals surface area contributed by atoms with Crippen LogP contribution >= 0.6 is 31.9 Å². The highest BCUT2D eigenvalue weighted by Gasteiger charge is 2.27. The summed E-state index contributed by atoms with van der Waals surface area (Å²) >= 11 is 6.25. The standard InChI is InChI=1S/C11H11Br2NO6S/c12-6-1-3-9(7(13)5-6)21(19,20)14-8(11(17)18)2-4-10(15)16/h1,3,5,8,14H,2,4H2,(H,15,16)(H,17,18). The second kappa shape index (κ2) is 7.34. The Hall–Kier alpha value is -0.970. The van der Waals surface area contributed by atoms with E-state index in [0.29, 0.717) is 4.47 Å². The van der Waals surface area contributed by atoms with Gasteiger partial charge in [-0.15, -0.1) is 0 Å². The Morgan fingerprint density at radius 1 is 1.24 bits per heavy atom. The Morgan fingerprint density at radius 3 is 2.33 bits per heavy atom. The summed E-state index contributed by atoms with van der Waals surface area (Å²) in [6.45, 7) is 0. The Balaban J connectivity index is 3.00. The largest absolute Gasteiger partial charge is 0.481 e. The lowest BCUT2D eigenvalue weighted by atomic mass is 10.2. The maximum Gasteiger partial charge on any atom is 0.321 e. The van der Waals surface area contributed by atoms with Gasteiger partial charge in [-0.2, -0.15) is 4.72 Å².